The van der Waals surface area contributed by atoms with Gasteiger partial charge in [0.25, 0.3) is 0 Å². The van der Waals surface area contributed by atoms with Crippen molar-refractivity contribution in [3.63, 3.8) is 0 Å². The van der Waals surface area contributed by atoms with Crippen molar-refractivity contribution in [2.45, 2.75) is 25.8 Å². The molecule has 8 heteroatoms. The Balaban J connectivity index is 1.71. The fraction of sp³-hybridized carbons (Fsp3) is 0.190. The molecule has 1 aliphatic carbocycles. The molecule has 0 spiro atoms. The van der Waals surface area contributed by atoms with Gasteiger partial charge in [-0.2, -0.15) is 0 Å². The molecule has 1 fully saturated rings. The van der Waals surface area contributed by atoms with Gasteiger partial charge in [-0.1, -0.05) is 11.6 Å². The zero-order chi connectivity index (χ0) is 20.0. The summed E-state index contributed by atoms with van der Waals surface area (Å²) in [5, 5.41) is 1.38. The molecule has 0 N–H and O–H groups in total. The van der Waals surface area contributed by atoms with Gasteiger partial charge in [0.05, 0.1) is 16.8 Å². The maximum absolute atomic E-state index is 11.6. The van der Waals surface area contributed by atoms with E-state index in [2.05, 4.69) is 19.9 Å². The number of furan rings is 1. The second kappa shape index (κ2) is 6.93. The number of anilines is 1. The van der Waals surface area contributed by atoms with Crippen molar-refractivity contribution < 1.29 is 9.21 Å². The first-order valence-electron chi connectivity index (χ1n) is 9.21. The molecule has 5 rings (SSSR count). The number of aromatic nitrogens is 4. The summed E-state index contributed by atoms with van der Waals surface area (Å²) in [6, 6.07) is 7.59. The zero-order valence-electron chi connectivity index (χ0n) is 15.5. The lowest BCUT2D eigenvalue weighted by molar-refractivity contribution is -0.107. The number of hydrogen-bond acceptors (Lipinski definition) is 6. The Kier molecular flexibility index (Phi) is 4.24. The summed E-state index contributed by atoms with van der Waals surface area (Å²) in [4.78, 5) is 30.8. The average molecular weight is 406 g/mol. The van der Waals surface area contributed by atoms with Gasteiger partial charge in [0.15, 0.2) is 5.76 Å². The molecular weight excluding hydrogens is 390 g/mol. The normalized spacial score (nSPS) is 13.6. The van der Waals surface area contributed by atoms with Gasteiger partial charge in [-0.3, -0.25) is 9.69 Å². The van der Waals surface area contributed by atoms with Crippen molar-refractivity contribution >= 4 is 34.9 Å². The molecule has 0 atom stereocenters. The maximum Gasteiger partial charge on any atom is 0.232 e. The van der Waals surface area contributed by atoms with E-state index in [-0.39, 0.29) is 6.04 Å². The molecule has 1 saturated carbocycles. The molecule has 0 unspecified atom stereocenters. The van der Waals surface area contributed by atoms with Gasteiger partial charge < -0.3 is 4.42 Å². The fourth-order valence-electron chi connectivity index (χ4n) is 3.36. The highest BCUT2D eigenvalue weighted by molar-refractivity contribution is 6.35. The van der Waals surface area contributed by atoms with Crippen LogP contribution in [0.3, 0.4) is 0 Å². The van der Waals surface area contributed by atoms with Gasteiger partial charge in [-0.25, -0.2) is 19.9 Å². The molecule has 0 saturated heterocycles. The average Bonchev–Trinajstić information content (AvgIpc) is 3.41. The first-order chi connectivity index (χ1) is 14.2. The van der Waals surface area contributed by atoms with Crippen molar-refractivity contribution in [3.05, 3.63) is 53.8 Å². The van der Waals surface area contributed by atoms with Crippen molar-refractivity contribution in [2.75, 3.05) is 4.90 Å². The van der Waals surface area contributed by atoms with Crippen LogP contribution < -0.4 is 4.90 Å². The summed E-state index contributed by atoms with van der Waals surface area (Å²) in [6.07, 6.45) is 7.49. The van der Waals surface area contributed by atoms with Crippen LogP contribution in [-0.4, -0.2) is 32.4 Å². The molecule has 1 amide bonds. The number of benzene rings is 1. The molecule has 4 aromatic rings. The second-order valence-electron chi connectivity index (χ2n) is 6.97. The smallest absolute Gasteiger partial charge is 0.232 e. The van der Waals surface area contributed by atoms with E-state index in [4.69, 9.17) is 16.0 Å². The van der Waals surface area contributed by atoms with Crippen molar-refractivity contribution in [1.29, 1.82) is 0 Å². The van der Waals surface area contributed by atoms with Gasteiger partial charge >= 0.3 is 0 Å². The number of amides is 1. The van der Waals surface area contributed by atoms with E-state index in [0.29, 0.717) is 27.9 Å². The summed E-state index contributed by atoms with van der Waals surface area (Å²) in [5.74, 6) is 0.951. The molecule has 29 heavy (non-hydrogen) atoms. The molecule has 144 valence electrons. The third-order valence-electron chi connectivity index (χ3n) is 5.02. The zero-order valence-corrected chi connectivity index (χ0v) is 16.3. The number of nitrogens with zero attached hydrogens (tertiary/aromatic N) is 5. The lowest BCUT2D eigenvalue weighted by Gasteiger charge is -2.16. The van der Waals surface area contributed by atoms with Gasteiger partial charge in [0.2, 0.25) is 12.4 Å². The maximum atomic E-state index is 11.6. The summed E-state index contributed by atoms with van der Waals surface area (Å²) in [5.41, 5.74) is 3.69. The van der Waals surface area contributed by atoms with Crippen molar-refractivity contribution in [2.24, 2.45) is 0 Å². The molecule has 3 heterocycles. The number of carbonyl (C=O) groups is 1. The van der Waals surface area contributed by atoms with E-state index in [1.807, 2.05) is 25.1 Å². The van der Waals surface area contributed by atoms with Gasteiger partial charge in [0, 0.05) is 28.9 Å². The molecule has 1 aromatic carbocycles. The van der Waals surface area contributed by atoms with E-state index < -0.39 is 0 Å². The number of hydrogen-bond donors (Lipinski definition) is 0. The van der Waals surface area contributed by atoms with Crippen LogP contribution >= 0.6 is 11.6 Å². The highest BCUT2D eigenvalue weighted by Gasteiger charge is 2.31. The molecule has 0 bridgehead atoms. The monoisotopic (exact) mass is 405 g/mol. The summed E-state index contributed by atoms with van der Waals surface area (Å²) in [7, 11) is 0. The van der Waals surface area contributed by atoms with Crippen LogP contribution in [0.15, 0.2) is 47.5 Å². The third-order valence-corrected chi connectivity index (χ3v) is 5.31. The van der Waals surface area contributed by atoms with Crippen LogP contribution in [-0.2, 0) is 4.79 Å². The SMILES string of the molecule is Cc1ncnc2c(Cl)cc(-c3cnc(N(C=O)C4CC4)nc3-c3ccco3)cc12. The van der Waals surface area contributed by atoms with Crippen LogP contribution in [0.2, 0.25) is 5.02 Å². The minimum Gasteiger partial charge on any atom is -0.463 e. The Bertz CT molecular complexity index is 1220. The van der Waals surface area contributed by atoms with E-state index >= 15 is 0 Å². The van der Waals surface area contributed by atoms with Crippen molar-refractivity contribution in [1.82, 2.24) is 19.9 Å². The first-order valence-corrected chi connectivity index (χ1v) is 9.59. The lowest BCUT2D eigenvalue weighted by atomic mass is 10.0. The minimum absolute atomic E-state index is 0.165. The van der Waals surface area contributed by atoms with E-state index in [0.717, 1.165) is 41.5 Å². The van der Waals surface area contributed by atoms with E-state index in [1.54, 1.807) is 23.4 Å². The predicted octanol–water partition coefficient (Wildman–Crippen LogP) is 4.43. The van der Waals surface area contributed by atoms with Gasteiger partial charge in [-0.05, 0) is 49.6 Å². The Morgan fingerprint density at radius 1 is 1.24 bits per heavy atom. The van der Waals surface area contributed by atoms with E-state index in [1.165, 1.54) is 6.33 Å². The van der Waals surface area contributed by atoms with Crippen LogP contribution in [0, 0.1) is 6.92 Å². The lowest BCUT2D eigenvalue weighted by Crippen LogP contribution is -2.25. The minimum atomic E-state index is 0.165. The Morgan fingerprint density at radius 2 is 2.10 bits per heavy atom. The van der Waals surface area contributed by atoms with Crippen LogP contribution in [0.5, 0.6) is 0 Å². The second-order valence-corrected chi connectivity index (χ2v) is 7.37. The quantitative estimate of drug-likeness (QED) is 0.456. The van der Waals surface area contributed by atoms with Crippen LogP contribution in [0.1, 0.15) is 18.5 Å². The van der Waals surface area contributed by atoms with Gasteiger partial charge in [-0.15, -0.1) is 0 Å². The molecule has 0 aliphatic heterocycles. The Labute approximate surface area is 171 Å². The van der Waals surface area contributed by atoms with E-state index in [9.17, 15) is 4.79 Å². The molecular formula is C21H16ClN5O2. The largest absolute Gasteiger partial charge is 0.463 e. The molecule has 3 aromatic heterocycles. The third kappa shape index (κ3) is 3.13. The Morgan fingerprint density at radius 3 is 2.83 bits per heavy atom. The fourth-order valence-corrected chi connectivity index (χ4v) is 3.63. The molecule has 0 radical (unpaired) electrons. The van der Waals surface area contributed by atoms with Gasteiger partial charge in [0.1, 0.15) is 12.0 Å². The van der Waals surface area contributed by atoms with Crippen LogP contribution in [0.4, 0.5) is 5.95 Å². The molecule has 1 aliphatic rings. The van der Waals surface area contributed by atoms with Crippen LogP contribution in [0.25, 0.3) is 33.5 Å². The number of aryl methyl sites for hydroxylation is 1. The standard InChI is InChI=1S/C21H16ClN5O2/c1-12-15-7-13(8-17(22)19(15)25-10-24-12)16-9-23-21(27(11-28)14-4-5-14)26-20(16)18-3-2-6-29-18/h2-3,6-11,14H,4-5H2,1H3. The Hall–Kier alpha value is -3.32. The summed E-state index contributed by atoms with van der Waals surface area (Å²) in [6.45, 7) is 1.91. The van der Waals surface area contributed by atoms with Crippen molar-refractivity contribution in [3.8, 4) is 22.6 Å². The number of carbonyl (C=O) groups excluding carboxylic acids is 1. The topological polar surface area (TPSA) is 85.0 Å². The molecule has 7 nitrogen and oxygen atoms in total. The number of fused-ring (bicyclic) bond motifs is 1. The number of rotatable bonds is 5. The predicted molar refractivity (Wildman–Crippen MR) is 110 cm³/mol. The summed E-state index contributed by atoms with van der Waals surface area (Å²) < 4.78 is 5.61. The number of halogens is 1. The summed E-state index contributed by atoms with van der Waals surface area (Å²) >= 11 is 6.51. The first kappa shape index (κ1) is 17.8. The highest BCUT2D eigenvalue weighted by atomic mass is 35.5. The highest BCUT2D eigenvalue weighted by Crippen LogP contribution is 2.37.